The van der Waals surface area contributed by atoms with Crippen LogP contribution in [0.4, 0.5) is 9.18 Å². The Balaban J connectivity index is 1.27. The van der Waals surface area contributed by atoms with Crippen LogP contribution in [0.25, 0.3) is 0 Å². The number of carbonyl (C=O) groups is 1. The third-order valence-electron chi connectivity index (χ3n) is 7.22. The average Bonchev–Trinajstić information content (AvgIpc) is 2.77. The molecule has 2 amide bonds. The van der Waals surface area contributed by atoms with Gasteiger partial charge in [0.05, 0.1) is 0 Å². The summed E-state index contributed by atoms with van der Waals surface area (Å²) in [5.41, 5.74) is 3.65. The molecule has 30 heavy (non-hydrogen) atoms. The number of amides is 2. The lowest BCUT2D eigenvalue weighted by Crippen LogP contribution is -2.59. The number of benzene rings is 2. The number of hydrogen-bond donors (Lipinski definition) is 1. The zero-order valence-electron chi connectivity index (χ0n) is 17.4. The first-order valence-corrected chi connectivity index (χ1v) is 11.3. The molecule has 0 saturated carbocycles. The van der Waals surface area contributed by atoms with E-state index in [0.717, 1.165) is 50.9 Å². The largest absolute Gasteiger partial charge is 0.338 e. The van der Waals surface area contributed by atoms with Crippen molar-refractivity contribution in [2.24, 2.45) is 5.92 Å². The maximum atomic E-state index is 13.7. The summed E-state index contributed by atoms with van der Waals surface area (Å²) in [6.45, 7) is 3.53. The summed E-state index contributed by atoms with van der Waals surface area (Å²) in [6, 6.07) is 16.2. The van der Waals surface area contributed by atoms with Crippen LogP contribution in [0, 0.1) is 11.7 Å². The van der Waals surface area contributed by atoms with Gasteiger partial charge in [0.2, 0.25) is 0 Å². The molecule has 3 atom stereocenters. The van der Waals surface area contributed by atoms with Crippen molar-refractivity contribution < 1.29 is 9.18 Å². The molecule has 5 heteroatoms. The van der Waals surface area contributed by atoms with Crippen molar-refractivity contribution in [3.8, 4) is 0 Å². The Morgan fingerprint density at radius 3 is 2.87 bits per heavy atom. The Bertz CT molecular complexity index is 903. The molecule has 0 spiro atoms. The highest BCUT2D eigenvalue weighted by Gasteiger charge is 2.43. The van der Waals surface area contributed by atoms with Gasteiger partial charge in [0.25, 0.3) is 0 Å². The Morgan fingerprint density at radius 2 is 2.00 bits per heavy atom. The van der Waals surface area contributed by atoms with Crippen molar-refractivity contribution in [3.63, 3.8) is 0 Å². The van der Waals surface area contributed by atoms with Crippen molar-refractivity contribution in [1.82, 2.24) is 15.1 Å². The second-order valence-corrected chi connectivity index (χ2v) is 8.97. The van der Waals surface area contributed by atoms with Gasteiger partial charge in [-0.3, -0.25) is 4.90 Å². The first kappa shape index (κ1) is 19.6. The van der Waals surface area contributed by atoms with Crippen LogP contribution in [0.2, 0.25) is 0 Å². The second kappa shape index (κ2) is 8.38. The van der Waals surface area contributed by atoms with E-state index >= 15 is 0 Å². The number of hydrogen-bond acceptors (Lipinski definition) is 2. The van der Waals surface area contributed by atoms with Crippen molar-refractivity contribution in [2.45, 2.75) is 44.2 Å². The molecule has 3 aliphatic heterocycles. The maximum Gasteiger partial charge on any atom is 0.317 e. The molecule has 1 N–H and O–H groups in total. The summed E-state index contributed by atoms with van der Waals surface area (Å²) in [5.74, 6) is 0.393. The van der Waals surface area contributed by atoms with Gasteiger partial charge in [0.1, 0.15) is 5.82 Å². The van der Waals surface area contributed by atoms with Gasteiger partial charge < -0.3 is 10.2 Å². The molecule has 0 aromatic heterocycles. The molecular weight excluding hydrogens is 377 g/mol. The lowest BCUT2D eigenvalue weighted by Gasteiger charge is -2.52. The SMILES string of the molecule is O=C(NCCc1ccccc1)N1CCC[C@H]2CN3CCc4cc(F)ccc4[C@H]3C[C@H]21. The number of halogens is 1. The van der Waals surface area contributed by atoms with Crippen molar-refractivity contribution >= 4 is 6.03 Å². The molecule has 0 radical (unpaired) electrons. The molecule has 3 heterocycles. The third-order valence-corrected chi connectivity index (χ3v) is 7.22. The van der Waals surface area contributed by atoms with Gasteiger partial charge in [-0.2, -0.15) is 0 Å². The molecule has 2 saturated heterocycles. The average molecular weight is 408 g/mol. The fraction of sp³-hybridized carbons (Fsp3) is 0.480. The number of likely N-dealkylation sites (tertiary alicyclic amines) is 1. The number of carbonyl (C=O) groups excluding carboxylic acids is 1. The van der Waals surface area contributed by atoms with Gasteiger partial charge in [-0.25, -0.2) is 9.18 Å². The standard InChI is InChI=1S/C25H30FN3O/c26-21-8-9-22-19(15-21)11-14-28-17-20-7-4-13-29(23(20)16-24(22)28)25(30)27-12-10-18-5-2-1-3-6-18/h1-3,5-6,8-9,15,20,23-24H,4,7,10-14,16-17H2,(H,27,30)/t20-,23+,24+/m0/s1. The molecule has 4 nitrogen and oxygen atoms in total. The zero-order valence-corrected chi connectivity index (χ0v) is 17.4. The van der Waals surface area contributed by atoms with E-state index in [-0.39, 0.29) is 17.9 Å². The molecular formula is C25H30FN3O. The first-order valence-electron chi connectivity index (χ1n) is 11.3. The van der Waals surface area contributed by atoms with Crippen LogP contribution in [-0.4, -0.2) is 48.1 Å². The van der Waals surface area contributed by atoms with E-state index in [1.165, 1.54) is 17.5 Å². The van der Waals surface area contributed by atoms with Crippen LogP contribution in [0.5, 0.6) is 0 Å². The van der Waals surface area contributed by atoms with Gasteiger partial charge in [-0.15, -0.1) is 0 Å². The fourth-order valence-corrected chi connectivity index (χ4v) is 5.74. The summed E-state index contributed by atoms with van der Waals surface area (Å²) >= 11 is 0. The molecule has 2 aromatic rings. The van der Waals surface area contributed by atoms with Crippen LogP contribution in [-0.2, 0) is 12.8 Å². The molecule has 2 fully saturated rings. The summed E-state index contributed by atoms with van der Waals surface area (Å²) in [5, 5.41) is 3.16. The van der Waals surface area contributed by atoms with E-state index in [1.54, 1.807) is 12.1 Å². The van der Waals surface area contributed by atoms with E-state index in [0.29, 0.717) is 18.5 Å². The molecule has 5 rings (SSSR count). The number of urea groups is 1. The molecule has 158 valence electrons. The predicted octanol–water partition coefficient (Wildman–Crippen LogP) is 4.16. The van der Waals surface area contributed by atoms with E-state index < -0.39 is 0 Å². The molecule has 0 unspecified atom stereocenters. The summed E-state index contributed by atoms with van der Waals surface area (Å²) in [6.07, 6.45) is 5.00. The van der Waals surface area contributed by atoms with Crippen LogP contribution >= 0.6 is 0 Å². The maximum absolute atomic E-state index is 13.7. The van der Waals surface area contributed by atoms with Crippen LogP contribution in [0.3, 0.4) is 0 Å². The minimum absolute atomic E-state index is 0.0734. The van der Waals surface area contributed by atoms with E-state index in [2.05, 4.69) is 27.2 Å². The van der Waals surface area contributed by atoms with Crippen molar-refractivity contribution in [2.75, 3.05) is 26.2 Å². The molecule has 0 aliphatic carbocycles. The molecule has 0 bridgehead atoms. The number of piperidine rings is 2. The Labute approximate surface area is 178 Å². The van der Waals surface area contributed by atoms with Crippen molar-refractivity contribution in [1.29, 1.82) is 0 Å². The highest BCUT2D eigenvalue weighted by atomic mass is 19.1. The van der Waals surface area contributed by atoms with Gasteiger partial charge in [0, 0.05) is 38.3 Å². The third kappa shape index (κ3) is 3.83. The Hall–Kier alpha value is -2.40. The minimum atomic E-state index is -0.145. The van der Waals surface area contributed by atoms with Gasteiger partial charge in [-0.05, 0) is 66.8 Å². The fourth-order valence-electron chi connectivity index (χ4n) is 5.74. The summed E-state index contributed by atoms with van der Waals surface area (Å²) in [4.78, 5) is 17.7. The number of nitrogens with zero attached hydrogens (tertiary/aromatic N) is 2. The smallest absolute Gasteiger partial charge is 0.317 e. The van der Waals surface area contributed by atoms with Gasteiger partial charge in [0.15, 0.2) is 0 Å². The monoisotopic (exact) mass is 407 g/mol. The van der Waals surface area contributed by atoms with E-state index in [4.69, 9.17) is 0 Å². The summed E-state index contributed by atoms with van der Waals surface area (Å²) < 4.78 is 13.7. The number of fused-ring (bicyclic) bond motifs is 4. The van der Waals surface area contributed by atoms with Crippen LogP contribution < -0.4 is 5.32 Å². The topological polar surface area (TPSA) is 35.6 Å². The van der Waals surface area contributed by atoms with Crippen molar-refractivity contribution in [3.05, 3.63) is 71.0 Å². The number of nitrogens with one attached hydrogen (secondary N) is 1. The van der Waals surface area contributed by atoms with E-state index in [1.807, 2.05) is 24.3 Å². The quantitative estimate of drug-likeness (QED) is 0.829. The second-order valence-electron chi connectivity index (χ2n) is 8.97. The first-order chi connectivity index (χ1) is 14.7. The molecule has 3 aliphatic rings. The lowest BCUT2D eigenvalue weighted by molar-refractivity contribution is 0.00574. The minimum Gasteiger partial charge on any atom is -0.338 e. The summed E-state index contributed by atoms with van der Waals surface area (Å²) in [7, 11) is 0. The highest BCUT2D eigenvalue weighted by Crippen LogP contribution is 2.42. The zero-order chi connectivity index (χ0) is 20.5. The van der Waals surface area contributed by atoms with Gasteiger partial charge in [-0.1, -0.05) is 36.4 Å². The van der Waals surface area contributed by atoms with Crippen LogP contribution in [0.1, 0.15) is 42.0 Å². The normalized spacial score (nSPS) is 25.8. The van der Waals surface area contributed by atoms with Gasteiger partial charge >= 0.3 is 6.03 Å². The highest BCUT2D eigenvalue weighted by molar-refractivity contribution is 5.74. The number of rotatable bonds is 3. The Kier molecular flexibility index (Phi) is 5.47. The molecule has 2 aromatic carbocycles. The predicted molar refractivity (Wildman–Crippen MR) is 116 cm³/mol. The Morgan fingerprint density at radius 1 is 1.13 bits per heavy atom. The van der Waals surface area contributed by atoms with Crippen LogP contribution in [0.15, 0.2) is 48.5 Å². The van der Waals surface area contributed by atoms with E-state index in [9.17, 15) is 9.18 Å². The lowest BCUT2D eigenvalue weighted by atomic mass is 9.76.